The fourth-order valence-corrected chi connectivity index (χ4v) is 4.74. The average Bonchev–Trinajstić information content (AvgIpc) is 2.92. The maximum atomic E-state index is 4.78. The zero-order valence-electron chi connectivity index (χ0n) is 11.3. The van der Waals surface area contributed by atoms with Gasteiger partial charge in [-0.1, -0.05) is 34.1 Å². The SMILES string of the molecule is Cn1nc(CC2(CBr)CC3CC3C2)c2ccccc21. The summed E-state index contributed by atoms with van der Waals surface area (Å²) in [5.41, 5.74) is 3.01. The van der Waals surface area contributed by atoms with Crippen LogP contribution in [0.25, 0.3) is 10.9 Å². The second kappa shape index (κ2) is 4.08. The van der Waals surface area contributed by atoms with Crippen molar-refractivity contribution in [1.29, 1.82) is 0 Å². The van der Waals surface area contributed by atoms with E-state index in [1.807, 2.05) is 4.68 Å². The maximum Gasteiger partial charge on any atom is 0.0709 e. The van der Waals surface area contributed by atoms with Crippen LogP contribution >= 0.6 is 15.9 Å². The Balaban J connectivity index is 1.71. The van der Waals surface area contributed by atoms with Crippen LogP contribution in [0, 0.1) is 17.3 Å². The normalized spacial score (nSPS) is 32.7. The molecule has 2 saturated carbocycles. The van der Waals surface area contributed by atoms with Crippen LogP contribution in [-0.4, -0.2) is 15.1 Å². The van der Waals surface area contributed by atoms with Crippen molar-refractivity contribution in [3.05, 3.63) is 30.0 Å². The van der Waals surface area contributed by atoms with Gasteiger partial charge in [0.25, 0.3) is 0 Å². The number of fused-ring (bicyclic) bond motifs is 2. The van der Waals surface area contributed by atoms with Gasteiger partial charge in [0, 0.05) is 17.8 Å². The molecular formula is C16H19BrN2. The third-order valence-electron chi connectivity index (χ3n) is 5.12. The number of aryl methyl sites for hydroxylation is 1. The highest BCUT2D eigenvalue weighted by Gasteiger charge is 2.53. The highest BCUT2D eigenvalue weighted by Crippen LogP contribution is 2.61. The molecule has 0 bridgehead atoms. The number of alkyl halides is 1. The fraction of sp³-hybridized carbons (Fsp3) is 0.562. The summed E-state index contributed by atoms with van der Waals surface area (Å²) in [5, 5.41) is 7.24. The van der Waals surface area contributed by atoms with Crippen molar-refractivity contribution < 1.29 is 0 Å². The van der Waals surface area contributed by atoms with Gasteiger partial charge >= 0.3 is 0 Å². The number of benzene rings is 1. The van der Waals surface area contributed by atoms with E-state index in [-0.39, 0.29) is 0 Å². The fourth-order valence-electron chi connectivity index (χ4n) is 4.08. The number of hydrogen-bond acceptors (Lipinski definition) is 1. The van der Waals surface area contributed by atoms with Gasteiger partial charge in [0.1, 0.15) is 0 Å². The zero-order valence-corrected chi connectivity index (χ0v) is 12.9. The quantitative estimate of drug-likeness (QED) is 0.784. The third-order valence-corrected chi connectivity index (χ3v) is 6.31. The number of para-hydroxylation sites is 1. The Bertz CT molecular complexity index is 621. The first-order chi connectivity index (χ1) is 9.21. The number of nitrogens with zero attached hydrogens (tertiary/aromatic N) is 2. The molecule has 2 unspecified atom stereocenters. The average molecular weight is 319 g/mol. The van der Waals surface area contributed by atoms with E-state index in [9.17, 15) is 0 Å². The van der Waals surface area contributed by atoms with Gasteiger partial charge in [-0.15, -0.1) is 0 Å². The molecule has 0 N–H and O–H groups in total. The minimum Gasteiger partial charge on any atom is -0.268 e. The van der Waals surface area contributed by atoms with E-state index in [4.69, 9.17) is 5.10 Å². The lowest BCUT2D eigenvalue weighted by molar-refractivity contribution is 0.305. The topological polar surface area (TPSA) is 17.8 Å². The molecule has 0 aliphatic heterocycles. The summed E-state index contributed by atoms with van der Waals surface area (Å²) in [5.74, 6) is 2.04. The minimum absolute atomic E-state index is 0.463. The molecule has 2 nitrogen and oxygen atoms in total. The molecular weight excluding hydrogens is 300 g/mol. The highest BCUT2D eigenvalue weighted by atomic mass is 79.9. The summed E-state index contributed by atoms with van der Waals surface area (Å²) >= 11 is 3.78. The Kier molecular flexibility index (Phi) is 2.57. The van der Waals surface area contributed by atoms with Crippen molar-refractivity contribution in [3.8, 4) is 0 Å². The Labute approximate surface area is 122 Å². The van der Waals surface area contributed by atoms with Gasteiger partial charge in [-0.3, -0.25) is 4.68 Å². The van der Waals surface area contributed by atoms with E-state index < -0.39 is 0 Å². The summed E-state index contributed by atoms with van der Waals surface area (Å²) in [4.78, 5) is 0. The second-order valence-electron chi connectivity index (χ2n) is 6.56. The van der Waals surface area contributed by atoms with Gasteiger partial charge in [0.2, 0.25) is 0 Å². The molecule has 1 heterocycles. The predicted molar refractivity (Wildman–Crippen MR) is 81.5 cm³/mol. The molecule has 0 saturated heterocycles. The third kappa shape index (κ3) is 1.85. The van der Waals surface area contributed by atoms with Crippen LogP contribution in [0.4, 0.5) is 0 Å². The van der Waals surface area contributed by atoms with Gasteiger partial charge in [-0.05, 0) is 49.0 Å². The molecule has 2 fully saturated rings. The molecule has 2 aromatic rings. The summed E-state index contributed by atoms with van der Waals surface area (Å²) in [6.45, 7) is 0. The first-order valence-electron chi connectivity index (χ1n) is 7.17. The number of hydrogen-bond donors (Lipinski definition) is 0. The molecule has 2 aliphatic carbocycles. The molecule has 3 heteroatoms. The standard InChI is InChI=1S/C16H19BrN2/c1-19-15-5-3-2-4-13(15)14(18-19)9-16(10-17)7-11-6-12(11)8-16/h2-5,11-12H,6-10H2,1H3. The van der Waals surface area contributed by atoms with Gasteiger partial charge in [0.15, 0.2) is 0 Å². The highest BCUT2D eigenvalue weighted by molar-refractivity contribution is 9.09. The molecule has 0 spiro atoms. The van der Waals surface area contributed by atoms with Crippen molar-refractivity contribution in [2.24, 2.45) is 24.3 Å². The first kappa shape index (κ1) is 12.0. The minimum atomic E-state index is 0.463. The molecule has 1 aromatic heterocycles. The van der Waals surface area contributed by atoms with E-state index in [2.05, 4.69) is 47.2 Å². The largest absolute Gasteiger partial charge is 0.268 e. The van der Waals surface area contributed by atoms with Gasteiger partial charge in [-0.2, -0.15) is 5.10 Å². The lowest BCUT2D eigenvalue weighted by Gasteiger charge is -2.27. The molecule has 0 amide bonds. The Morgan fingerprint density at radius 1 is 1.32 bits per heavy atom. The molecule has 100 valence electrons. The second-order valence-corrected chi connectivity index (χ2v) is 7.12. The van der Waals surface area contributed by atoms with E-state index in [0.717, 1.165) is 23.6 Å². The summed E-state index contributed by atoms with van der Waals surface area (Å²) in [7, 11) is 2.05. The summed E-state index contributed by atoms with van der Waals surface area (Å²) < 4.78 is 2.03. The van der Waals surface area contributed by atoms with Crippen LogP contribution in [0.2, 0.25) is 0 Å². The van der Waals surface area contributed by atoms with Crippen molar-refractivity contribution in [3.63, 3.8) is 0 Å². The van der Waals surface area contributed by atoms with E-state index >= 15 is 0 Å². The molecule has 19 heavy (non-hydrogen) atoms. The zero-order chi connectivity index (χ0) is 13.0. The number of halogens is 1. The Hall–Kier alpha value is -0.830. The predicted octanol–water partition coefficient (Wildman–Crippen LogP) is 3.93. The van der Waals surface area contributed by atoms with Gasteiger partial charge in [-0.25, -0.2) is 0 Å². The van der Waals surface area contributed by atoms with E-state index in [0.29, 0.717) is 5.41 Å². The first-order valence-corrected chi connectivity index (χ1v) is 8.29. The van der Waals surface area contributed by atoms with Crippen LogP contribution in [-0.2, 0) is 13.5 Å². The van der Waals surface area contributed by atoms with Crippen LogP contribution < -0.4 is 0 Å². The van der Waals surface area contributed by atoms with Crippen molar-refractivity contribution >= 4 is 26.8 Å². The summed E-state index contributed by atoms with van der Waals surface area (Å²) in [6, 6.07) is 8.60. The monoisotopic (exact) mass is 318 g/mol. The van der Waals surface area contributed by atoms with Gasteiger partial charge < -0.3 is 0 Å². The maximum absolute atomic E-state index is 4.78. The lowest BCUT2D eigenvalue weighted by Crippen LogP contribution is -2.24. The number of aromatic nitrogens is 2. The summed E-state index contributed by atoms with van der Waals surface area (Å²) in [6.07, 6.45) is 5.41. The molecule has 4 rings (SSSR count). The van der Waals surface area contributed by atoms with Crippen LogP contribution in [0.5, 0.6) is 0 Å². The van der Waals surface area contributed by atoms with Crippen LogP contribution in [0.15, 0.2) is 24.3 Å². The smallest absolute Gasteiger partial charge is 0.0709 e. The van der Waals surface area contributed by atoms with Crippen molar-refractivity contribution in [1.82, 2.24) is 9.78 Å². The molecule has 2 atom stereocenters. The van der Waals surface area contributed by atoms with Crippen molar-refractivity contribution in [2.45, 2.75) is 25.7 Å². The van der Waals surface area contributed by atoms with Crippen LogP contribution in [0.3, 0.4) is 0 Å². The molecule has 0 radical (unpaired) electrons. The Morgan fingerprint density at radius 2 is 2.05 bits per heavy atom. The lowest BCUT2D eigenvalue weighted by atomic mass is 9.80. The molecule has 2 aliphatic rings. The molecule has 1 aromatic carbocycles. The van der Waals surface area contributed by atoms with Crippen LogP contribution in [0.1, 0.15) is 25.0 Å². The Morgan fingerprint density at radius 3 is 2.79 bits per heavy atom. The number of rotatable bonds is 3. The van der Waals surface area contributed by atoms with Crippen molar-refractivity contribution in [2.75, 3.05) is 5.33 Å². The van der Waals surface area contributed by atoms with E-state index in [1.165, 1.54) is 35.9 Å². The van der Waals surface area contributed by atoms with Gasteiger partial charge in [0.05, 0.1) is 11.2 Å². The van der Waals surface area contributed by atoms with E-state index in [1.54, 1.807) is 0 Å².